The van der Waals surface area contributed by atoms with E-state index in [0.717, 1.165) is 30.2 Å². The number of likely N-dealkylation sites (N-methyl/N-ethyl adjacent to an activating group) is 1. The highest BCUT2D eigenvalue weighted by molar-refractivity contribution is 5.22. The molecule has 4 aliphatic carbocycles. The van der Waals surface area contributed by atoms with Gasteiger partial charge in [-0.05, 0) is 80.4 Å². The minimum Gasteiger partial charge on any atom is -0.367 e. The molecule has 0 amide bonds. The lowest BCUT2D eigenvalue weighted by Gasteiger charge is -2.59. The van der Waals surface area contributed by atoms with Crippen molar-refractivity contribution in [2.24, 2.45) is 23.2 Å². The number of hydrogen-bond donors (Lipinski definition) is 2. The van der Waals surface area contributed by atoms with E-state index < -0.39 is 0 Å². The van der Waals surface area contributed by atoms with E-state index in [1.807, 2.05) is 0 Å². The second kappa shape index (κ2) is 4.37. The molecule has 2 heteroatoms. The number of H-pyrrole nitrogens is 1. The summed E-state index contributed by atoms with van der Waals surface area (Å²) in [6.45, 7) is 1.14. The van der Waals surface area contributed by atoms with E-state index in [1.165, 1.54) is 44.1 Å². The van der Waals surface area contributed by atoms with Crippen LogP contribution in [0.15, 0.2) is 18.5 Å². The van der Waals surface area contributed by atoms with Crippen LogP contribution in [0.4, 0.5) is 0 Å². The first-order valence-corrected chi connectivity index (χ1v) is 8.06. The fourth-order valence-corrected chi connectivity index (χ4v) is 6.05. The van der Waals surface area contributed by atoms with Gasteiger partial charge in [0.25, 0.3) is 0 Å². The van der Waals surface area contributed by atoms with Crippen molar-refractivity contribution in [3.8, 4) is 0 Å². The smallest absolute Gasteiger partial charge is 0.00408 e. The van der Waals surface area contributed by atoms with Crippen molar-refractivity contribution < 1.29 is 0 Å². The molecule has 104 valence electrons. The maximum atomic E-state index is 3.47. The predicted molar refractivity (Wildman–Crippen MR) is 78.1 cm³/mol. The first kappa shape index (κ1) is 12.0. The second-order valence-electron chi connectivity index (χ2n) is 7.53. The lowest BCUT2D eigenvalue weighted by atomic mass is 9.46. The second-order valence-corrected chi connectivity index (χ2v) is 7.53. The van der Waals surface area contributed by atoms with Crippen LogP contribution in [0.3, 0.4) is 0 Å². The van der Waals surface area contributed by atoms with Crippen molar-refractivity contribution in [1.82, 2.24) is 10.3 Å². The molecular weight excluding hydrogens is 232 g/mol. The molecule has 4 bridgehead atoms. The maximum Gasteiger partial charge on any atom is 0.00408 e. The zero-order valence-corrected chi connectivity index (χ0v) is 12.0. The molecule has 0 spiro atoms. The maximum absolute atomic E-state index is 3.47. The average molecular weight is 258 g/mol. The number of hydrogen-bond acceptors (Lipinski definition) is 1. The van der Waals surface area contributed by atoms with Crippen LogP contribution < -0.4 is 5.32 Å². The quantitative estimate of drug-likeness (QED) is 0.849. The Balaban J connectivity index is 1.68. The number of rotatable bonds is 4. The van der Waals surface area contributed by atoms with E-state index in [2.05, 4.69) is 35.8 Å². The minimum absolute atomic E-state index is 0.611. The van der Waals surface area contributed by atoms with Crippen molar-refractivity contribution >= 4 is 0 Å². The van der Waals surface area contributed by atoms with Crippen molar-refractivity contribution in [1.29, 1.82) is 0 Å². The molecule has 1 aromatic heterocycles. The Morgan fingerprint density at radius 2 is 1.84 bits per heavy atom. The van der Waals surface area contributed by atoms with E-state index in [0.29, 0.717) is 5.41 Å². The van der Waals surface area contributed by atoms with Crippen LogP contribution in [0.1, 0.15) is 50.0 Å². The van der Waals surface area contributed by atoms with Gasteiger partial charge >= 0.3 is 0 Å². The first-order chi connectivity index (χ1) is 9.29. The zero-order valence-electron chi connectivity index (χ0n) is 12.0. The SMILES string of the molecule is CNCC(c1cc[nH]c1)C12CC3CC(CC(C3)C1)C2. The number of aromatic amines is 1. The van der Waals surface area contributed by atoms with Crippen molar-refractivity contribution in [2.45, 2.75) is 44.4 Å². The Morgan fingerprint density at radius 1 is 1.21 bits per heavy atom. The highest BCUT2D eigenvalue weighted by Crippen LogP contribution is 2.64. The Hall–Kier alpha value is -0.760. The molecular formula is C17H26N2. The van der Waals surface area contributed by atoms with Crippen LogP contribution in [-0.4, -0.2) is 18.6 Å². The molecule has 5 rings (SSSR count). The molecule has 0 aromatic carbocycles. The number of nitrogens with one attached hydrogen (secondary N) is 2. The summed E-state index contributed by atoms with van der Waals surface area (Å²) in [5.74, 6) is 3.86. The largest absolute Gasteiger partial charge is 0.367 e. The Morgan fingerprint density at radius 3 is 2.32 bits per heavy atom. The molecule has 1 atom stereocenters. The van der Waals surface area contributed by atoms with Crippen molar-refractivity contribution in [2.75, 3.05) is 13.6 Å². The van der Waals surface area contributed by atoms with Crippen LogP contribution in [0, 0.1) is 23.2 Å². The standard InChI is InChI=1S/C17H26N2/c1-18-11-16(15-2-3-19-10-15)17-7-12-4-13(8-17)6-14(5-12)9-17/h2-3,10,12-14,16,18-19H,4-9,11H2,1H3. The summed E-state index contributed by atoms with van der Waals surface area (Å²) >= 11 is 0. The third-order valence-electron chi connectivity index (χ3n) is 6.26. The van der Waals surface area contributed by atoms with Gasteiger partial charge in [0.2, 0.25) is 0 Å². The van der Waals surface area contributed by atoms with E-state index in [-0.39, 0.29) is 0 Å². The van der Waals surface area contributed by atoms with Gasteiger partial charge in [0.05, 0.1) is 0 Å². The zero-order chi connectivity index (χ0) is 12.9. The summed E-state index contributed by atoms with van der Waals surface area (Å²) in [5, 5.41) is 3.47. The lowest BCUT2D eigenvalue weighted by molar-refractivity contribution is -0.0681. The Labute approximate surface area is 116 Å². The molecule has 1 heterocycles. The summed E-state index contributed by atoms with van der Waals surface area (Å²) < 4.78 is 0. The molecule has 0 saturated heterocycles. The normalized spacial score (nSPS) is 41.6. The fraction of sp³-hybridized carbons (Fsp3) is 0.765. The third-order valence-corrected chi connectivity index (χ3v) is 6.26. The Kier molecular flexibility index (Phi) is 2.77. The molecule has 19 heavy (non-hydrogen) atoms. The van der Waals surface area contributed by atoms with E-state index >= 15 is 0 Å². The van der Waals surface area contributed by atoms with E-state index in [4.69, 9.17) is 0 Å². The lowest BCUT2D eigenvalue weighted by Crippen LogP contribution is -2.50. The molecule has 4 saturated carbocycles. The van der Waals surface area contributed by atoms with Gasteiger partial charge < -0.3 is 10.3 Å². The van der Waals surface area contributed by atoms with Crippen molar-refractivity contribution in [3.63, 3.8) is 0 Å². The van der Waals surface area contributed by atoms with Crippen LogP contribution in [-0.2, 0) is 0 Å². The summed E-state index contributed by atoms with van der Waals surface area (Å²) in [5.41, 5.74) is 2.15. The average Bonchev–Trinajstić information content (AvgIpc) is 2.87. The number of aromatic nitrogens is 1. The summed E-state index contributed by atoms with van der Waals surface area (Å²) in [7, 11) is 2.11. The molecule has 2 N–H and O–H groups in total. The molecule has 1 unspecified atom stereocenters. The van der Waals surface area contributed by atoms with Gasteiger partial charge in [-0.3, -0.25) is 0 Å². The van der Waals surface area contributed by atoms with E-state index in [9.17, 15) is 0 Å². The van der Waals surface area contributed by atoms with Crippen LogP contribution in [0.2, 0.25) is 0 Å². The van der Waals surface area contributed by atoms with Crippen LogP contribution in [0.25, 0.3) is 0 Å². The molecule has 1 aromatic rings. The molecule has 4 aliphatic rings. The minimum atomic E-state index is 0.611. The van der Waals surface area contributed by atoms with Gasteiger partial charge in [-0.2, -0.15) is 0 Å². The molecule has 0 radical (unpaired) electrons. The van der Waals surface area contributed by atoms with Gasteiger partial charge in [0.1, 0.15) is 0 Å². The highest BCUT2D eigenvalue weighted by atomic mass is 14.8. The van der Waals surface area contributed by atoms with Gasteiger partial charge in [0.15, 0.2) is 0 Å². The summed E-state index contributed by atoms with van der Waals surface area (Å²) in [6, 6.07) is 2.31. The summed E-state index contributed by atoms with van der Waals surface area (Å²) in [6.07, 6.45) is 13.4. The highest BCUT2D eigenvalue weighted by Gasteiger charge is 2.54. The fourth-order valence-electron chi connectivity index (χ4n) is 6.05. The summed E-state index contributed by atoms with van der Waals surface area (Å²) in [4.78, 5) is 3.27. The molecule has 0 aliphatic heterocycles. The third kappa shape index (κ3) is 1.87. The monoisotopic (exact) mass is 258 g/mol. The van der Waals surface area contributed by atoms with Crippen LogP contribution in [0.5, 0.6) is 0 Å². The van der Waals surface area contributed by atoms with Gasteiger partial charge in [0, 0.05) is 24.9 Å². The molecule has 2 nitrogen and oxygen atoms in total. The predicted octanol–water partition coefficient (Wildman–Crippen LogP) is 3.53. The van der Waals surface area contributed by atoms with Gasteiger partial charge in [-0.1, -0.05) is 0 Å². The van der Waals surface area contributed by atoms with Crippen molar-refractivity contribution in [3.05, 3.63) is 24.0 Å². The first-order valence-electron chi connectivity index (χ1n) is 8.06. The molecule has 4 fully saturated rings. The topological polar surface area (TPSA) is 27.8 Å². The van der Waals surface area contributed by atoms with Crippen LogP contribution >= 0.6 is 0 Å². The Bertz CT molecular complexity index is 399. The van der Waals surface area contributed by atoms with Gasteiger partial charge in [-0.15, -0.1) is 0 Å². The van der Waals surface area contributed by atoms with Gasteiger partial charge in [-0.25, -0.2) is 0 Å². The van der Waals surface area contributed by atoms with E-state index in [1.54, 1.807) is 0 Å².